The van der Waals surface area contributed by atoms with Gasteiger partial charge in [0, 0.05) is 55.7 Å². The molecule has 0 N–H and O–H groups in total. The fourth-order valence-corrected chi connectivity index (χ4v) is 3.99. The Kier molecular flexibility index (Phi) is 6.15. The lowest BCUT2D eigenvalue weighted by atomic mass is 10.1. The SMILES string of the molecule is CC(=O)N(CCN1CCOCC1)c1nc(-c2cccc([N+](=O)[O-])c2)c(C)s1. The molecule has 3 rings (SSSR count). The number of thiazole rings is 1. The summed E-state index contributed by atoms with van der Waals surface area (Å²) in [6, 6.07) is 6.41. The van der Waals surface area contributed by atoms with Gasteiger partial charge in [-0.3, -0.25) is 24.7 Å². The predicted octanol–water partition coefficient (Wildman–Crippen LogP) is 2.71. The van der Waals surface area contributed by atoms with Crippen molar-refractivity contribution in [3.05, 3.63) is 39.3 Å². The summed E-state index contributed by atoms with van der Waals surface area (Å²) in [6.07, 6.45) is 0. The van der Waals surface area contributed by atoms with Gasteiger partial charge in [0.2, 0.25) is 5.91 Å². The standard InChI is InChI=1S/C18H22N4O4S/c1-13-17(15-4-3-5-16(12-15)22(24)25)19-18(27-13)21(14(2)23)7-6-20-8-10-26-11-9-20/h3-5,12H,6-11H2,1-2H3. The molecule has 1 amide bonds. The highest BCUT2D eigenvalue weighted by Gasteiger charge is 2.21. The fraction of sp³-hybridized carbons (Fsp3) is 0.444. The summed E-state index contributed by atoms with van der Waals surface area (Å²) in [5, 5.41) is 11.6. The molecule has 0 radical (unpaired) electrons. The van der Waals surface area contributed by atoms with Crippen LogP contribution in [0.1, 0.15) is 11.8 Å². The fourth-order valence-electron chi connectivity index (χ4n) is 2.99. The van der Waals surface area contributed by atoms with E-state index in [0.717, 1.165) is 24.5 Å². The number of morpholine rings is 1. The van der Waals surface area contributed by atoms with Crippen molar-refractivity contribution in [2.75, 3.05) is 44.3 Å². The van der Waals surface area contributed by atoms with Crippen molar-refractivity contribution in [1.29, 1.82) is 0 Å². The van der Waals surface area contributed by atoms with Gasteiger partial charge in [0.05, 0.1) is 23.8 Å². The van der Waals surface area contributed by atoms with Crippen LogP contribution in [0, 0.1) is 17.0 Å². The van der Waals surface area contributed by atoms with Gasteiger partial charge in [-0.1, -0.05) is 12.1 Å². The van der Waals surface area contributed by atoms with Crippen LogP contribution >= 0.6 is 11.3 Å². The molecule has 0 bridgehead atoms. The maximum Gasteiger partial charge on any atom is 0.270 e. The lowest BCUT2D eigenvalue weighted by Crippen LogP contribution is -2.42. The molecule has 0 unspecified atom stereocenters. The molecule has 0 spiro atoms. The lowest BCUT2D eigenvalue weighted by Gasteiger charge is -2.28. The monoisotopic (exact) mass is 390 g/mol. The minimum atomic E-state index is -0.420. The Morgan fingerprint density at radius 1 is 1.41 bits per heavy atom. The molecule has 1 aromatic carbocycles. The number of ether oxygens (including phenoxy) is 1. The third kappa shape index (κ3) is 4.68. The molecular formula is C18H22N4O4S. The van der Waals surface area contributed by atoms with E-state index in [9.17, 15) is 14.9 Å². The van der Waals surface area contributed by atoms with Crippen molar-refractivity contribution in [2.45, 2.75) is 13.8 Å². The average Bonchev–Trinajstić information content (AvgIpc) is 3.04. The topological polar surface area (TPSA) is 88.8 Å². The molecule has 9 heteroatoms. The molecule has 144 valence electrons. The number of rotatable bonds is 6. The third-order valence-corrected chi connectivity index (χ3v) is 5.46. The molecule has 1 fully saturated rings. The predicted molar refractivity (Wildman–Crippen MR) is 104 cm³/mol. The van der Waals surface area contributed by atoms with Gasteiger partial charge >= 0.3 is 0 Å². The van der Waals surface area contributed by atoms with E-state index in [-0.39, 0.29) is 11.6 Å². The highest BCUT2D eigenvalue weighted by molar-refractivity contribution is 7.16. The van der Waals surface area contributed by atoms with Crippen LogP contribution in [0.3, 0.4) is 0 Å². The molecule has 0 atom stereocenters. The van der Waals surface area contributed by atoms with Crippen LogP contribution in [0.25, 0.3) is 11.3 Å². The van der Waals surface area contributed by atoms with Crippen molar-refractivity contribution >= 4 is 28.1 Å². The Hall–Kier alpha value is -2.36. The van der Waals surface area contributed by atoms with Gasteiger partial charge in [-0.05, 0) is 6.92 Å². The first-order valence-corrected chi connectivity index (χ1v) is 9.58. The zero-order valence-electron chi connectivity index (χ0n) is 15.4. The highest BCUT2D eigenvalue weighted by atomic mass is 32.1. The Balaban J connectivity index is 1.80. The normalized spacial score (nSPS) is 14.9. The third-order valence-electron chi connectivity index (χ3n) is 4.47. The Morgan fingerprint density at radius 3 is 2.81 bits per heavy atom. The van der Waals surface area contributed by atoms with Crippen LogP contribution in [0.4, 0.5) is 10.8 Å². The van der Waals surface area contributed by atoms with Crippen LogP contribution in [-0.4, -0.2) is 60.1 Å². The number of carbonyl (C=O) groups excluding carboxylic acids is 1. The zero-order chi connectivity index (χ0) is 19.4. The van der Waals surface area contributed by atoms with Crippen LogP contribution < -0.4 is 4.90 Å². The molecular weight excluding hydrogens is 368 g/mol. The number of nitrogens with zero attached hydrogens (tertiary/aromatic N) is 4. The van der Waals surface area contributed by atoms with E-state index in [1.54, 1.807) is 17.0 Å². The van der Waals surface area contributed by atoms with E-state index in [4.69, 9.17) is 4.74 Å². The number of hydrogen-bond acceptors (Lipinski definition) is 7. The minimum Gasteiger partial charge on any atom is -0.379 e. The number of non-ortho nitro benzene ring substituents is 1. The number of aromatic nitrogens is 1. The second kappa shape index (κ2) is 8.55. The van der Waals surface area contributed by atoms with Gasteiger partial charge in [0.15, 0.2) is 5.13 Å². The van der Waals surface area contributed by atoms with Gasteiger partial charge in [-0.2, -0.15) is 0 Å². The average molecular weight is 390 g/mol. The Bertz CT molecular complexity index is 833. The smallest absolute Gasteiger partial charge is 0.270 e. The second-order valence-corrected chi connectivity index (χ2v) is 7.51. The van der Waals surface area contributed by atoms with Gasteiger partial charge < -0.3 is 4.74 Å². The van der Waals surface area contributed by atoms with Crippen LogP contribution in [0.2, 0.25) is 0 Å². The van der Waals surface area contributed by atoms with Crippen molar-refractivity contribution in [1.82, 2.24) is 9.88 Å². The molecule has 2 aromatic rings. The van der Waals surface area contributed by atoms with Gasteiger partial charge in [-0.25, -0.2) is 4.98 Å². The molecule has 0 aliphatic carbocycles. The van der Waals surface area contributed by atoms with Gasteiger partial charge in [0.1, 0.15) is 0 Å². The van der Waals surface area contributed by atoms with E-state index in [2.05, 4.69) is 9.88 Å². The van der Waals surface area contributed by atoms with Gasteiger partial charge in [0.25, 0.3) is 5.69 Å². The minimum absolute atomic E-state index is 0.0252. The molecule has 8 nitrogen and oxygen atoms in total. The summed E-state index contributed by atoms with van der Waals surface area (Å²) in [6.45, 7) is 7.91. The van der Waals surface area contributed by atoms with Crippen LogP contribution in [-0.2, 0) is 9.53 Å². The largest absolute Gasteiger partial charge is 0.379 e. The number of nitro groups is 1. The number of carbonyl (C=O) groups is 1. The summed E-state index contributed by atoms with van der Waals surface area (Å²) in [5.74, 6) is -0.0670. The summed E-state index contributed by atoms with van der Waals surface area (Å²) < 4.78 is 5.35. The first-order valence-electron chi connectivity index (χ1n) is 8.76. The van der Waals surface area contributed by atoms with E-state index in [0.29, 0.717) is 36.1 Å². The quantitative estimate of drug-likeness (QED) is 0.557. The van der Waals surface area contributed by atoms with Gasteiger partial charge in [-0.15, -0.1) is 11.3 Å². The van der Waals surface area contributed by atoms with E-state index >= 15 is 0 Å². The number of nitro benzene ring substituents is 1. The molecule has 27 heavy (non-hydrogen) atoms. The first-order chi connectivity index (χ1) is 13.0. The maximum absolute atomic E-state index is 12.2. The number of anilines is 1. The zero-order valence-corrected chi connectivity index (χ0v) is 16.2. The Labute approximate surface area is 161 Å². The lowest BCUT2D eigenvalue weighted by molar-refractivity contribution is -0.384. The molecule has 0 saturated carbocycles. The molecule has 2 heterocycles. The van der Waals surface area contributed by atoms with Crippen molar-refractivity contribution < 1.29 is 14.5 Å². The van der Waals surface area contributed by atoms with Crippen LogP contribution in [0.15, 0.2) is 24.3 Å². The van der Waals surface area contributed by atoms with Crippen molar-refractivity contribution in [2.24, 2.45) is 0 Å². The maximum atomic E-state index is 12.2. The van der Waals surface area contributed by atoms with Crippen LogP contribution in [0.5, 0.6) is 0 Å². The Morgan fingerprint density at radius 2 is 2.15 bits per heavy atom. The summed E-state index contributed by atoms with van der Waals surface area (Å²) in [7, 11) is 0. The van der Waals surface area contributed by atoms with E-state index in [1.165, 1.54) is 30.4 Å². The molecule has 1 aromatic heterocycles. The first kappa shape index (κ1) is 19.4. The summed E-state index contributed by atoms with van der Waals surface area (Å²) >= 11 is 1.43. The summed E-state index contributed by atoms with van der Waals surface area (Å²) in [5.41, 5.74) is 1.38. The number of hydrogen-bond donors (Lipinski definition) is 0. The highest BCUT2D eigenvalue weighted by Crippen LogP contribution is 2.33. The number of aryl methyl sites for hydroxylation is 1. The molecule has 1 aliphatic rings. The van der Waals surface area contributed by atoms with E-state index in [1.807, 2.05) is 6.92 Å². The number of amides is 1. The second-order valence-electron chi connectivity index (χ2n) is 6.33. The molecule has 1 aliphatic heterocycles. The number of benzene rings is 1. The van der Waals surface area contributed by atoms with Crippen molar-refractivity contribution in [3.8, 4) is 11.3 Å². The van der Waals surface area contributed by atoms with Crippen molar-refractivity contribution in [3.63, 3.8) is 0 Å². The summed E-state index contributed by atoms with van der Waals surface area (Å²) in [4.78, 5) is 32.3. The molecule has 1 saturated heterocycles. The van der Waals surface area contributed by atoms with E-state index < -0.39 is 4.92 Å².